The summed E-state index contributed by atoms with van der Waals surface area (Å²) >= 11 is 20.8. The molecule has 1 amide bonds. The molecule has 2 aromatic carbocycles. The predicted molar refractivity (Wildman–Crippen MR) is 116 cm³/mol. The Morgan fingerprint density at radius 2 is 1.89 bits per heavy atom. The fourth-order valence-corrected chi connectivity index (χ4v) is 3.72. The van der Waals surface area contributed by atoms with E-state index in [9.17, 15) is 4.79 Å². The molecule has 1 aliphatic rings. The monoisotopic (exact) mass is 484 g/mol. The lowest BCUT2D eigenvalue weighted by molar-refractivity contribution is -0.121. The van der Waals surface area contributed by atoms with Crippen molar-refractivity contribution in [2.45, 2.75) is 6.61 Å². The summed E-state index contributed by atoms with van der Waals surface area (Å²) < 4.78 is 6.61. The molecule has 140 valence electrons. The zero-order chi connectivity index (χ0) is 19.7. The average Bonchev–Trinajstić information content (AvgIpc) is 2.80. The van der Waals surface area contributed by atoms with Crippen LogP contribution in [0.15, 0.2) is 46.6 Å². The van der Waals surface area contributed by atoms with Crippen molar-refractivity contribution in [1.82, 2.24) is 9.80 Å². The van der Waals surface area contributed by atoms with Crippen molar-refractivity contribution in [3.8, 4) is 5.75 Å². The molecule has 0 radical (unpaired) electrons. The van der Waals surface area contributed by atoms with Gasteiger partial charge in [0.2, 0.25) is 0 Å². The molecule has 2 aromatic rings. The third kappa shape index (κ3) is 4.29. The number of ether oxygens (including phenoxy) is 1. The maximum absolute atomic E-state index is 12.3. The van der Waals surface area contributed by atoms with E-state index in [0.29, 0.717) is 33.2 Å². The zero-order valence-corrected chi connectivity index (χ0v) is 18.4. The first-order valence-corrected chi connectivity index (χ1v) is 9.87. The van der Waals surface area contributed by atoms with Gasteiger partial charge in [-0.3, -0.25) is 9.69 Å². The third-order valence-corrected chi connectivity index (χ3v) is 5.87. The van der Waals surface area contributed by atoms with Crippen molar-refractivity contribution in [2.75, 3.05) is 14.1 Å². The molecule has 3 rings (SSSR count). The van der Waals surface area contributed by atoms with Gasteiger partial charge in [0.05, 0.1) is 4.47 Å². The molecule has 0 unspecified atom stereocenters. The van der Waals surface area contributed by atoms with Crippen LogP contribution in [0.5, 0.6) is 5.75 Å². The summed E-state index contributed by atoms with van der Waals surface area (Å²) in [7, 11) is 3.44. The van der Waals surface area contributed by atoms with Crippen molar-refractivity contribution in [3.63, 3.8) is 0 Å². The van der Waals surface area contributed by atoms with Crippen molar-refractivity contribution < 1.29 is 9.53 Å². The van der Waals surface area contributed by atoms with Crippen molar-refractivity contribution >= 4 is 68.4 Å². The number of hydrogen-bond acceptors (Lipinski definition) is 3. The summed E-state index contributed by atoms with van der Waals surface area (Å²) in [5.41, 5.74) is 2.22. The molecule has 4 nitrogen and oxygen atoms in total. The number of carbonyl (C=O) groups is 1. The molecule has 8 heteroatoms. The van der Waals surface area contributed by atoms with Gasteiger partial charge in [0.25, 0.3) is 5.91 Å². The predicted octanol–water partition coefficient (Wildman–Crippen LogP) is 5.36. The topological polar surface area (TPSA) is 32.8 Å². The quantitative estimate of drug-likeness (QED) is 0.430. The van der Waals surface area contributed by atoms with E-state index in [1.807, 2.05) is 24.3 Å². The minimum absolute atomic E-state index is 0.128. The van der Waals surface area contributed by atoms with Crippen LogP contribution in [0.2, 0.25) is 10.0 Å². The Bertz CT molecular complexity index is 965. The number of rotatable bonds is 4. The van der Waals surface area contributed by atoms with Gasteiger partial charge in [-0.05, 0) is 64.1 Å². The van der Waals surface area contributed by atoms with Gasteiger partial charge < -0.3 is 9.64 Å². The molecule has 0 aromatic heterocycles. The minimum atomic E-state index is -0.128. The van der Waals surface area contributed by atoms with Crippen LogP contribution in [0, 0.1) is 0 Å². The smallest absolute Gasteiger partial charge is 0.276 e. The summed E-state index contributed by atoms with van der Waals surface area (Å²) in [6.07, 6.45) is 1.79. The van der Waals surface area contributed by atoms with Crippen LogP contribution in [0.3, 0.4) is 0 Å². The highest BCUT2D eigenvalue weighted by Gasteiger charge is 2.32. The first-order valence-electron chi connectivity index (χ1n) is 7.91. The maximum Gasteiger partial charge on any atom is 0.276 e. The Labute approximate surface area is 181 Å². The highest BCUT2D eigenvalue weighted by molar-refractivity contribution is 9.10. The molecule has 1 aliphatic heterocycles. The Hall–Kier alpha value is -1.60. The van der Waals surface area contributed by atoms with E-state index in [2.05, 4.69) is 15.9 Å². The molecule has 0 atom stereocenters. The summed E-state index contributed by atoms with van der Waals surface area (Å²) in [5.74, 6) is 0.540. The van der Waals surface area contributed by atoms with Crippen molar-refractivity contribution in [1.29, 1.82) is 0 Å². The lowest BCUT2D eigenvalue weighted by Crippen LogP contribution is -2.26. The Kier molecular flexibility index (Phi) is 6.11. The second-order valence-electron chi connectivity index (χ2n) is 5.95. The molecule has 0 saturated carbocycles. The fraction of sp³-hybridized carbons (Fsp3) is 0.158. The van der Waals surface area contributed by atoms with Crippen LogP contribution < -0.4 is 4.74 Å². The summed E-state index contributed by atoms with van der Waals surface area (Å²) in [4.78, 5) is 15.4. The van der Waals surface area contributed by atoms with Crippen LogP contribution >= 0.6 is 51.3 Å². The van der Waals surface area contributed by atoms with Gasteiger partial charge in [-0.15, -0.1) is 0 Å². The number of halogens is 3. The molecule has 1 fully saturated rings. The second kappa shape index (κ2) is 8.19. The fourth-order valence-electron chi connectivity index (χ4n) is 2.56. The summed E-state index contributed by atoms with van der Waals surface area (Å²) in [6.45, 7) is 0.315. The van der Waals surface area contributed by atoms with E-state index in [1.165, 1.54) is 4.90 Å². The summed E-state index contributed by atoms with van der Waals surface area (Å²) in [6, 6.07) is 10.9. The van der Waals surface area contributed by atoms with Gasteiger partial charge in [-0.25, -0.2) is 0 Å². The van der Waals surface area contributed by atoms with Gasteiger partial charge in [0, 0.05) is 29.7 Å². The van der Waals surface area contributed by atoms with E-state index in [1.54, 1.807) is 37.2 Å². The Morgan fingerprint density at radius 1 is 1.15 bits per heavy atom. The van der Waals surface area contributed by atoms with Crippen LogP contribution in [-0.2, 0) is 11.4 Å². The normalized spacial score (nSPS) is 15.8. The lowest BCUT2D eigenvalue weighted by atomic mass is 10.1. The van der Waals surface area contributed by atoms with E-state index >= 15 is 0 Å². The third-order valence-electron chi connectivity index (χ3n) is 4.12. The summed E-state index contributed by atoms with van der Waals surface area (Å²) in [5, 5.41) is 1.62. The number of thiocarbonyl (C=S) groups is 1. The zero-order valence-electron chi connectivity index (χ0n) is 14.5. The van der Waals surface area contributed by atoms with Crippen LogP contribution in [-0.4, -0.2) is 34.9 Å². The van der Waals surface area contributed by atoms with Gasteiger partial charge in [0.15, 0.2) is 5.11 Å². The molecule has 27 heavy (non-hydrogen) atoms. The number of amides is 1. The molecule has 0 bridgehead atoms. The maximum atomic E-state index is 12.3. The molecule has 1 heterocycles. The Balaban J connectivity index is 1.77. The highest BCUT2D eigenvalue weighted by atomic mass is 79.9. The molecular formula is C19H15BrCl2N2O2S. The molecule has 0 aliphatic carbocycles. The first kappa shape index (κ1) is 20.1. The standard InChI is InChI=1S/C19H15BrCl2N2O2S/c1-23-16(18(25)24(2)19(23)27)8-11-3-6-17(14(20)7-11)26-10-12-4-5-13(21)9-15(12)22/h3-9H,10H2,1-2H3/b16-8-. The van der Waals surface area contributed by atoms with E-state index in [0.717, 1.165) is 15.6 Å². The number of likely N-dealkylation sites (N-methyl/N-ethyl adjacent to an activating group) is 2. The Morgan fingerprint density at radius 3 is 2.48 bits per heavy atom. The van der Waals surface area contributed by atoms with Crippen molar-refractivity contribution in [2.24, 2.45) is 0 Å². The van der Waals surface area contributed by atoms with Gasteiger partial charge in [-0.1, -0.05) is 35.3 Å². The average molecular weight is 486 g/mol. The van der Waals surface area contributed by atoms with E-state index in [4.69, 9.17) is 40.2 Å². The van der Waals surface area contributed by atoms with Crippen LogP contribution in [0.1, 0.15) is 11.1 Å². The first-order chi connectivity index (χ1) is 12.8. The second-order valence-corrected chi connectivity index (χ2v) is 8.01. The minimum Gasteiger partial charge on any atom is -0.488 e. The van der Waals surface area contributed by atoms with Crippen LogP contribution in [0.4, 0.5) is 0 Å². The number of benzene rings is 2. The van der Waals surface area contributed by atoms with Gasteiger partial charge in [-0.2, -0.15) is 0 Å². The highest BCUT2D eigenvalue weighted by Crippen LogP contribution is 2.30. The number of nitrogens with zero attached hydrogens (tertiary/aromatic N) is 2. The van der Waals surface area contributed by atoms with Gasteiger partial charge >= 0.3 is 0 Å². The molecule has 0 N–H and O–H groups in total. The SMILES string of the molecule is CN1C(=O)/C(=C/c2ccc(OCc3ccc(Cl)cc3Cl)c(Br)c2)N(C)C1=S. The lowest BCUT2D eigenvalue weighted by Gasteiger charge is -2.12. The van der Waals surface area contributed by atoms with Crippen molar-refractivity contribution in [3.05, 3.63) is 67.7 Å². The molecule has 1 saturated heterocycles. The van der Waals surface area contributed by atoms with E-state index in [-0.39, 0.29) is 5.91 Å². The number of hydrogen-bond donors (Lipinski definition) is 0. The van der Waals surface area contributed by atoms with Crippen LogP contribution in [0.25, 0.3) is 6.08 Å². The number of carbonyl (C=O) groups excluding carboxylic acids is 1. The largest absolute Gasteiger partial charge is 0.488 e. The molecule has 0 spiro atoms. The van der Waals surface area contributed by atoms with Gasteiger partial charge in [0.1, 0.15) is 18.1 Å². The van der Waals surface area contributed by atoms with E-state index < -0.39 is 0 Å². The molecular weight excluding hydrogens is 471 g/mol.